The highest BCUT2D eigenvalue weighted by molar-refractivity contribution is 7.80. The van der Waals surface area contributed by atoms with Gasteiger partial charge in [-0.05, 0) is 12.8 Å². The van der Waals surface area contributed by atoms with Crippen molar-refractivity contribution in [1.82, 2.24) is 4.90 Å². The molecule has 0 radical (unpaired) electrons. The van der Waals surface area contributed by atoms with E-state index < -0.39 is 0 Å². The number of nitrogens with two attached hydrogens (primary N) is 1. The van der Waals surface area contributed by atoms with Crippen LogP contribution in [0.2, 0.25) is 0 Å². The fourth-order valence-corrected chi connectivity index (χ4v) is 2.49. The van der Waals surface area contributed by atoms with Gasteiger partial charge in [0.25, 0.3) is 0 Å². The summed E-state index contributed by atoms with van der Waals surface area (Å²) in [6.45, 7) is 0.657. The number of nitrogens with zero attached hydrogens (tertiary/aromatic N) is 1. The molecule has 4 heteroatoms. The predicted octanol–water partition coefficient (Wildman–Crippen LogP) is 2.48. The van der Waals surface area contributed by atoms with Crippen LogP contribution in [0.4, 0.5) is 0 Å². The van der Waals surface area contributed by atoms with E-state index in [9.17, 15) is 4.79 Å². The van der Waals surface area contributed by atoms with Crippen LogP contribution in [0.5, 0.6) is 0 Å². The van der Waals surface area contributed by atoms with Crippen LogP contribution in [0.15, 0.2) is 0 Å². The monoisotopic (exact) mass is 256 g/mol. The van der Waals surface area contributed by atoms with Gasteiger partial charge in [0.2, 0.25) is 5.91 Å². The zero-order valence-electron chi connectivity index (χ0n) is 10.8. The second-order valence-corrected chi connectivity index (χ2v) is 5.54. The molecule has 0 heterocycles. The molecule has 0 bridgehead atoms. The molecule has 1 amide bonds. The molecule has 2 N–H and O–H groups in total. The number of hydrogen-bond acceptors (Lipinski definition) is 2. The molecule has 0 aromatic carbocycles. The molecule has 98 valence electrons. The molecule has 3 nitrogen and oxygen atoms in total. The fourth-order valence-electron chi connectivity index (χ4n) is 2.40. The Balaban J connectivity index is 2.39. The van der Waals surface area contributed by atoms with Gasteiger partial charge in [0.05, 0.1) is 4.99 Å². The third kappa shape index (κ3) is 5.48. The Morgan fingerprint density at radius 2 is 1.76 bits per heavy atom. The van der Waals surface area contributed by atoms with Crippen LogP contribution >= 0.6 is 12.2 Å². The van der Waals surface area contributed by atoms with E-state index in [4.69, 9.17) is 18.0 Å². The molecule has 0 atom stereocenters. The van der Waals surface area contributed by atoms with Crippen molar-refractivity contribution in [3.8, 4) is 0 Å². The van der Waals surface area contributed by atoms with Gasteiger partial charge in [-0.25, -0.2) is 0 Å². The summed E-state index contributed by atoms with van der Waals surface area (Å²) in [5.41, 5.74) is 5.46. The van der Waals surface area contributed by atoms with Gasteiger partial charge in [0.15, 0.2) is 0 Å². The van der Waals surface area contributed by atoms with E-state index in [2.05, 4.69) is 0 Å². The summed E-state index contributed by atoms with van der Waals surface area (Å²) in [6, 6.07) is 0. The molecular weight excluding hydrogens is 232 g/mol. The maximum Gasteiger partial charge on any atom is 0.225 e. The normalized spacial score (nSPS) is 18.2. The van der Waals surface area contributed by atoms with Gasteiger partial charge >= 0.3 is 0 Å². The molecule has 0 unspecified atom stereocenters. The van der Waals surface area contributed by atoms with Crippen LogP contribution < -0.4 is 5.73 Å². The van der Waals surface area contributed by atoms with Crippen molar-refractivity contribution in [1.29, 1.82) is 0 Å². The maximum absolute atomic E-state index is 12.2. The van der Waals surface area contributed by atoms with E-state index in [0.717, 1.165) is 12.8 Å². The van der Waals surface area contributed by atoms with Crippen LogP contribution in [0.3, 0.4) is 0 Å². The third-order valence-electron chi connectivity index (χ3n) is 3.52. The lowest BCUT2D eigenvalue weighted by Gasteiger charge is -2.25. The van der Waals surface area contributed by atoms with E-state index in [1.807, 2.05) is 7.05 Å². The number of hydrogen-bond donors (Lipinski definition) is 1. The summed E-state index contributed by atoms with van der Waals surface area (Å²) in [6.07, 6.45) is 9.01. The zero-order valence-corrected chi connectivity index (χ0v) is 11.6. The third-order valence-corrected chi connectivity index (χ3v) is 3.73. The highest BCUT2D eigenvalue weighted by atomic mass is 32.1. The maximum atomic E-state index is 12.2. The zero-order chi connectivity index (χ0) is 12.7. The lowest BCUT2D eigenvalue weighted by Crippen LogP contribution is -2.35. The SMILES string of the molecule is CN(CCC(N)=S)C(=O)C1CCCCCCC1. The number of carbonyl (C=O) groups is 1. The van der Waals surface area contributed by atoms with E-state index >= 15 is 0 Å². The van der Waals surface area contributed by atoms with E-state index in [0.29, 0.717) is 18.0 Å². The van der Waals surface area contributed by atoms with Gasteiger partial charge in [0, 0.05) is 25.9 Å². The Morgan fingerprint density at radius 3 is 2.29 bits per heavy atom. The quantitative estimate of drug-likeness (QED) is 0.786. The van der Waals surface area contributed by atoms with Crippen molar-refractivity contribution in [3.63, 3.8) is 0 Å². The van der Waals surface area contributed by atoms with E-state index in [-0.39, 0.29) is 11.8 Å². The van der Waals surface area contributed by atoms with Crippen LogP contribution in [0.25, 0.3) is 0 Å². The molecule has 1 rings (SSSR count). The smallest absolute Gasteiger partial charge is 0.225 e. The van der Waals surface area contributed by atoms with E-state index in [1.165, 1.54) is 32.1 Å². The summed E-state index contributed by atoms with van der Waals surface area (Å²) < 4.78 is 0. The number of thiocarbonyl (C=S) groups is 1. The van der Waals surface area contributed by atoms with Gasteiger partial charge in [0.1, 0.15) is 0 Å². The Morgan fingerprint density at radius 1 is 1.24 bits per heavy atom. The molecule has 0 saturated heterocycles. The van der Waals surface area contributed by atoms with Crippen molar-refractivity contribution in [2.24, 2.45) is 11.7 Å². The molecule has 0 aromatic rings. The first kappa shape index (κ1) is 14.4. The number of rotatable bonds is 4. The summed E-state index contributed by atoms with van der Waals surface area (Å²) in [5.74, 6) is 0.509. The molecule has 1 saturated carbocycles. The molecular formula is C13H24N2OS. The Hall–Kier alpha value is -0.640. The van der Waals surface area contributed by atoms with Crippen molar-refractivity contribution in [3.05, 3.63) is 0 Å². The lowest BCUT2D eigenvalue weighted by atomic mass is 9.90. The summed E-state index contributed by atoms with van der Waals surface area (Å²) in [7, 11) is 1.86. The van der Waals surface area contributed by atoms with Crippen LogP contribution in [0.1, 0.15) is 51.4 Å². The minimum atomic E-state index is 0.228. The Kier molecular flexibility index (Phi) is 6.48. The van der Waals surface area contributed by atoms with Gasteiger partial charge in [-0.2, -0.15) is 0 Å². The molecule has 1 aliphatic carbocycles. The Labute approximate surface area is 110 Å². The minimum Gasteiger partial charge on any atom is -0.393 e. The van der Waals surface area contributed by atoms with Crippen molar-refractivity contribution < 1.29 is 4.79 Å². The minimum absolute atomic E-state index is 0.228. The van der Waals surface area contributed by atoms with Crippen LogP contribution in [-0.4, -0.2) is 29.4 Å². The molecule has 17 heavy (non-hydrogen) atoms. The van der Waals surface area contributed by atoms with E-state index in [1.54, 1.807) is 4.90 Å². The molecule has 1 fully saturated rings. The fraction of sp³-hybridized carbons (Fsp3) is 0.846. The predicted molar refractivity (Wildman–Crippen MR) is 74.8 cm³/mol. The van der Waals surface area contributed by atoms with Crippen LogP contribution in [-0.2, 0) is 4.79 Å². The first-order chi connectivity index (χ1) is 8.11. The van der Waals surface area contributed by atoms with Crippen molar-refractivity contribution in [2.75, 3.05) is 13.6 Å². The number of carbonyl (C=O) groups excluding carboxylic acids is 1. The van der Waals surface area contributed by atoms with Gasteiger partial charge < -0.3 is 10.6 Å². The molecule has 0 spiro atoms. The first-order valence-electron chi connectivity index (χ1n) is 6.64. The van der Waals surface area contributed by atoms with Gasteiger partial charge in [-0.3, -0.25) is 4.79 Å². The second kappa shape index (κ2) is 7.64. The summed E-state index contributed by atoms with van der Waals surface area (Å²) >= 11 is 4.84. The topological polar surface area (TPSA) is 46.3 Å². The second-order valence-electron chi connectivity index (χ2n) is 5.02. The molecule has 0 aliphatic heterocycles. The van der Waals surface area contributed by atoms with Gasteiger partial charge in [-0.15, -0.1) is 0 Å². The highest BCUT2D eigenvalue weighted by Gasteiger charge is 2.22. The average Bonchev–Trinajstić information content (AvgIpc) is 2.24. The largest absolute Gasteiger partial charge is 0.393 e. The lowest BCUT2D eigenvalue weighted by molar-refractivity contribution is -0.134. The highest BCUT2D eigenvalue weighted by Crippen LogP contribution is 2.23. The molecule has 0 aromatic heterocycles. The van der Waals surface area contributed by atoms with Gasteiger partial charge in [-0.1, -0.05) is 44.3 Å². The summed E-state index contributed by atoms with van der Waals surface area (Å²) in [4.78, 5) is 14.5. The average molecular weight is 256 g/mol. The first-order valence-corrected chi connectivity index (χ1v) is 7.05. The standard InChI is InChI=1S/C13H24N2OS/c1-15(10-9-12(14)17)13(16)11-7-5-3-2-4-6-8-11/h11H,2-10H2,1H3,(H2,14,17). The van der Waals surface area contributed by atoms with Crippen molar-refractivity contribution >= 4 is 23.1 Å². The summed E-state index contributed by atoms with van der Waals surface area (Å²) in [5, 5.41) is 0. The molecule has 1 aliphatic rings. The number of amides is 1. The van der Waals surface area contributed by atoms with Crippen LogP contribution in [0, 0.1) is 5.92 Å². The van der Waals surface area contributed by atoms with Crippen molar-refractivity contribution in [2.45, 2.75) is 51.4 Å². The Bertz CT molecular complexity index is 260.